The second-order valence-electron chi connectivity index (χ2n) is 6.36. The number of carbonyl (C=O) groups excluding carboxylic acids is 3. The maximum Gasteiger partial charge on any atom is 0.329 e. The number of rotatable bonds is 7. The zero-order chi connectivity index (χ0) is 22.1. The molecule has 0 aliphatic heterocycles. The molecule has 3 amide bonds. The maximum absolute atomic E-state index is 12.0. The Labute approximate surface area is 183 Å². The first-order chi connectivity index (χ1) is 14.2. The average Bonchev–Trinajstić information content (AvgIpc) is 2.69. The summed E-state index contributed by atoms with van der Waals surface area (Å²) in [4.78, 5) is 35.0. The Kier molecular flexibility index (Phi) is 8.64. The predicted octanol–water partition coefficient (Wildman–Crippen LogP) is 2.99. The number of ether oxygens (including phenoxy) is 1. The highest BCUT2D eigenvalue weighted by molar-refractivity contribution is 6.42. The van der Waals surface area contributed by atoms with Gasteiger partial charge in [0.05, 0.1) is 16.3 Å². The van der Waals surface area contributed by atoms with Crippen LogP contribution in [0.3, 0.4) is 0 Å². The lowest BCUT2D eigenvalue weighted by Gasteiger charge is -2.08. The van der Waals surface area contributed by atoms with Crippen molar-refractivity contribution in [3.63, 3.8) is 0 Å². The smallest absolute Gasteiger partial charge is 0.329 e. The van der Waals surface area contributed by atoms with Gasteiger partial charge >= 0.3 is 11.8 Å². The number of hydrazone groups is 1. The minimum atomic E-state index is -0.854. The summed E-state index contributed by atoms with van der Waals surface area (Å²) < 4.78 is 5.42. The van der Waals surface area contributed by atoms with Crippen LogP contribution in [0.2, 0.25) is 10.0 Å². The molecule has 0 aliphatic rings. The van der Waals surface area contributed by atoms with Crippen LogP contribution in [-0.4, -0.2) is 36.6 Å². The average molecular weight is 451 g/mol. The SMILES string of the molecule is CC(C)NC(=O)C(=O)N/N=C\c1ccc(OCC(=O)Nc2ccc(Cl)c(Cl)c2)cc1. The lowest BCUT2D eigenvalue weighted by Crippen LogP contribution is -2.41. The summed E-state index contributed by atoms with van der Waals surface area (Å²) in [5, 5.41) is 9.56. The second kappa shape index (κ2) is 11.2. The van der Waals surface area contributed by atoms with E-state index in [-0.39, 0.29) is 18.6 Å². The molecule has 0 saturated heterocycles. The minimum Gasteiger partial charge on any atom is -0.484 e. The number of amides is 3. The number of anilines is 1. The molecule has 158 valence electrons. The van der Waals surface area contributed by atoms with Crippen molar-refractivity contribution in [2.45, 2.75) is 19.9 Å². The third-order valence-electron chi connectivity index (χ3n) is 3.46. The zero-order valence-corrected chi connectivity index (χ0v) is 17.8. The number of nitrogens with zero attached hydrogens (tertiary/aromatic N) is 1. The van der Waals surface area contributed by atoms with Gasteiger partial charge in [0.1, 0.15) is 5.75 Å². The van der Waals surface area contributed by atoms with Crippen LogP contribution in [0.1, 0.15) is 19.4 Å². The van der Waals surface area contributed by atoms with Crippen LogP contribution in [0.5, 0.6) is 5.75 Å². The molecule has 10 heteroatoms. The molecule has 30 heavy (non-hydrogen) atoms. The molecule has 8 nitrogen and oxygen atoms in total. The third-order valence-corrected chi connectivity index (χ3v) is 4.20. The zero-order valence-electron chi connectivity index (χ0n) is 16.2. The lowest BCUT2D eigenvalue weighted by molar-refractivity contribution is -0.139. The summed E-state index contributed by atoms with van der Waals surface area (Å²) in [5.74, 6) is -1.50. The van der Waals surface area contributed by atoms with E-state index in [1.54, 1.807) is 56.3 Å². The molecule has 0 radical (unpaired) electrons. The van der Waals surface area contributed by atoms with Crippen molar-refractivity contribution in [2.24, 2.45) is 5.10 Å². The standard InChI is InChI=1S/C20H20Cl2N4O4/c1-12(2)24-19(28)20(29)26-23-10-13-3-6-15(7-4-13)30-11-18(27)25-14-5-8-16(21)17(22)9-14/h3-10,12H,11H2,1-2H3,(H,24,28)(H,25,27)(H,26,29)/b23-10-. The van der Waals surface area contributed by atoms with Crippen molar-refractivity contribution in [3.8, 4) is 5.75 Å². The Morgan fingerprint density at radius 1 is 1.03 bits per heavy atom. The summed E-state index contributed by atoms with van der Waals surface area (Å²) in [6.45, 7) is 3.29. The van der Waals surface area contributed by atoms with E-state index in [9.17, 15) is 14.4 Å². The molecule has 0 saturated carbocycles. The highest BCUT2D eigenvalue weighted by Gasteiger charge is 2.12. The van der Waals surface area contributed by atoms with Gasteiger partial charge in [-0.2, -0.15) is 5.10 Å². The Bertz CT molecular complexity index is 946. The van der Waals surface area contributed by atoms with Gasteiger partial charge in [-0.05, 0) is 61.9 Å². The first-order valence-electron chi connectivity index (χ1n) is 8.86. The molecule has 0 aromatic heterocycles. The summed E-state index contributed by atoms with van der Waals surface area (Å²) in [6.07, 6.45) is 1.38. The van der Waals surface area contributed by atoms with E-state index in [4.69, 9.17) is 27.9 Å². The highest BCUT2D eigenvalue weighted by Crippen LogP contribution is 2.25. The summed E-state index contributed by atoms with van der Waals surface area (Å²) in [7, 11) is 0. The summed E-state index contributed by atoms with van der Waals surface area (Å²) in [6, 6.07) is 11.2. The molecule has 0 heterocycles. The fourth-order valence-electron chi connectivity index (χ4n) is 2.11. The highest BCUT2D eigenvalue weighted by atomic mass is 35.5. The van der Waals surface area contributed by atoms with Crippen LogP contribution >= 0.6 is 23.2 Å². The molecule has 0 fully saturated rings. The quantitative estimate of drug-likeness (QED) is 0.342. The van der Waals surface area contributed by atoms with Crippen LogP contribution in [-0.2, 0) is 14.4 Å². The van der Waals surface area contributed by atoms with E-state index in [1.807, 2.05) is 0 Å². The van der Waals surface area contributed by atoms with Crippen molar-refractivity contribution in [1.29, 1.82) is 0 Å². The molecule has 0 atom stereocenters. The third kappa shape index (κ3) is 7.73. The van der Waals surface area contributed by atoms with Gasteiger partial charge in [-0.15, -0.1) is 0 Å². The molecule has 0 bridgehead atoms. The number of hydrogen-bond acceptors (Lipinski definition) is 5. The first kappa shape index (κ1) is 23.2. The monoisotopic (exact) mass is 450 g/mol. The van der Waals surface area contributed by atoms with Crippen molar-refractivity contribution in [1.82, 2.24) is 10.7 Å². The Morgan fingerprint density at radius 2 is 1.73 bits per heavy atom. The van der Waals surface area contributed by atoms with Gasteiger partial charge in [-0.3, -0.25) is 14.4 Å². The fourth-order valence-corrected chi connectivity index (χ4v) is 2.41. The largest absolute Gasteiger partial charge is 0.484 e. The van der Waals surface area contributed by atoms with E-state index in [0.717, 1.165) is 0 Å². The first-order valence-corrected chi connectivity index (χ1v) is 9.62. The predicted molar refractivity (Wildman–Crippen MR) is 116 cm³/mol. The van der Waals surface area contributed by atoms with Crippen LogP contribution in [0, 0.1) is 0 Å². The van der Waals surface area contributed by atoms with Gasteiger partial charge < -0.3 is 15.4 Å². The number of nitrogens with one attached hydrogen (secondary N) is 3. The normalized spacial score (nSPS) is 10.7. The van der Waals surface area contributed by atoms with E-state index < -0.39 is 11.8 Å². The van der Waals surface area contributed by atoms with Gasteiger partial charge in [0.25, 0.3) is 5.91 Å². The minimum absolute atomic E-state index is 0.147. The molecular formula is C20H20Cl2N4O4. The van der Waals surface area contributed by atoms with Crippen LogP contribution < -0.4 is 20.8 Å². The lowest BCUT2D eigenvalue weighted by atomic mass is 10.2. The van der Waals surface area contributed by atoms with Gasteiger partial charge in [-0.25, -0.2) is 5.43 Å². The molecular weight excluding hydrogens is 431 g/mol. The van der Waals surface area contributed by atoms with Crippen molar-refractivity contribution < 1.29 is 19.1 Å². The van der Waals surface area contributed by atoms with Crippen LogP contribution in [0.4, 0.5) is 5.69 Å². The number of hydrogen-bond donors (Lipinski definition) is 3. The Morgan fingerprint density at radius 3 is 2.37 bits per heavy atom. The van der Waals surface area contributed by atoms with E-state index >= 15 is 0 Å². The molecule has 0 spiro atoms. The van der Waals surface area contributed by atoms with Gasteiger partial charge in [-0.1, -0.05) is 23.2 Å². The van der Waals surface area contributed by atoms with Crippen LogP contribution in [0.25, 0.3) is 0 Å². The molecule has 0 aliphatic carbocycles. The molecule has 3 N–H and O–H groups in total. The topological polar surface area (TPSA) is 109 Å². The van der Waals surface area contributed by atoms with E-state index in [2.05, 4.69) is 21.2 Å². The Hall–Kier alpha value is -3.10. The van der Waals surface area contributed by atoms with Gasteiger partial charge in [0, 0.05) is 11.7 Å². The maximum atomic E-state index is 12.0. The van der Waals surface area contributed by atoms with E-state index in [0.29, 0.717) is 27.0 Å². The fraction of sp³-hybridized carbons (Fsp3) is 0.200. The van der Waals surface area contributed by atoms with Crippen molar-refractivity contribution in [3.05, 3.63) is 58.1 Å². The van der Waals surface area contributed by atoms with E-state index in [1.165, 1.54) is 6.21 Å². The molecule has 2 rings (SSSR count). The second-order valence-corrected chi connectivity index (χ2v) is 7.18. The summed E-state index contributed by atoms with van der Waals surface area (Å²) in [5.41, 5.74) is 3.31. The molecule has 2 aromatic rings. The number of carbonyl (C=O) groups is 3. The van der Waals surface area contributed by atoms with Crippen molar-refractivity contribution >= 4 is 52.8 Å². The van der Waals surface area contributed by atoms with Gasteiger partial charge in [0.2, 0.25) is 0 Å². The van der Waals surface area contributed by atoms with Crippen molar-refractivity contribution in [2.75, 3.05) is 11.9 Å². The number of halogens is 2. The van der Waals surface area contributed by atoms with Gasteiger partial charge in [0.15, 0.2) is 6.61 Å². The molecule has 0 unspecified atom stereocenters. The number of benzene rings is 2. The van der Waals surface area contributed by atoms with Crippen LogP contribution in [0.15, 0.2) is 47.6 Å². The molecule has 2 aromatic carbocycles. The summed E-state index contributed by atoms with van der Waals surface area (Å²) >= 11 is 11.7. The Balaban J connectivity index is 1.79.